The van der Waals surface area contributed by atoms with Crippen LogP contribution < -0.4 is 10.5 Å². The highest BCUT2D eigenvalue weighted by Crippen LogP contribution is 2.50. The van der Waals surface area contributed by atoms with Gasteiger partial charge in [-0.25, -0.2) is 0 Å². The molecule has 0 spiro atoms. The minimum Gasteiger partial charge on any atom is -0.496 e. The second-order valence-corrected chi connectivity index (χ2v) is 5.14. The standard InChI is InChI=1S/C12H16BrNO/c1-8-5-10(13)9(6-11(8)15-2)12(7-14)3-4-12/h5-6H,3-4,7,14H2,1-2H3. The van der Waals surface area contributed by atoms with Gasteiger partial charge >= 0.3 is 0 Å². The fraction of sp³-hybridized carbons (Fsp3) is 0.500. The third-order valence-corrected chi connectivity index (χ3v) is 3.96. The fourth-order valence-corrected chi connectivity index (χ4v) is 2.89. The smallest absolute Gasteiger partial charge is 0.122 e. The molecule has 2 N–H and O–H groups in total. The minimum atomic E-state index is 0.208. The van der Waals surface area contributed by atoms with Gasteiger partial charge in [0.05, 0.1) is 7.11 Å². The Morgan fingerprint density at radius 3 is 2.60 bits per heavy atom. The number of hydrogen-bond acceptors (Lipinski definition) is 2. The number of nitrogens with two attached hydrogens (primary N) is 1. The predicted octanol–water partition coefficient (Wildman–Crippen LogP) is 2.76. The van der Waals surface area contributed by atoms with Crippen LogP contribution in [0.1, 0.15) is 24.0 Å². The molecule has 82 valence electrons. The highest BCUT2D eigenvalue weighted by Gasteiger charge is 2.44. The van der Waals surface area contributed by atoms with Crippen molar-refractivity contribution < 1.29 is 4.74 Å². The summed E-state index contributed by atoms with van der Waals surface area (Å²) in [6.45, 7) is 2.77. The van der Waals surface area contributed by atoms with Crippen molar-refractivity contribution in [3.05, 3.63) is 27.7 Å². The third-order valence-electron chi connectivity index (χ3n) is 3.30. The average molecular weight is 270 g/mol. The Labute approximate surface area is 98.9 Å². The molecule has 0 aromatic heterocycles. The van der Waals surface area contributed by atoms with E-state index in [2.05, 4.69) is 35.0 Å². The van der Waals surface area contributed by atoms with Crippen LogP contribution in [0.5, 0.6) is 5.75 Å². The number of methoxy groups -OCH3 is 1. The zero-order valence-electron chi connectivity index (χ0n) is 9.14. The van der Waals surface area contributed by atoms with Crippen molar-refractivity contribution in [1.82, 2.24) is 0 Å². The Hall–Kier alpha value is -0.540. The summed E-state index contributed by atoms with van der Waals surface area (Å²) < 4.78 is 6.50. The molecule has 1 saturated carbocycles. The van der Waals surface area contributed by atoms with Gasteiger partial charge in [0.25, 0.3) is 0 Å². The van der Waals surface area contributed by atoms with Crippen LogP contribution in [0.15, 0.2) is 16.6 Å². The highest BCUT2D eigenvalue weighted by atomic mass is 79.9. The lowest BCUT2D eigenvalue weighted by molar-refractivity contribution is 0.410. The molecule has 0 bridgehead atoms. The average Bonchev–Trinajstić information content (AvgIpc) is 2.99. The number of ether oxygens (including phenoxy) is 1. The summed E-state index contributed by atoms with van der Waals surface area (Å²) in [6, 6.07) is 4.24. The molecule has 1 aliphatic rings. The molecule has 0 radical (unpaired) electrons. The van der Waals surface area contributed by atoms with Crippen molar-refractivity contribution in [2.45, 2.75) is 25.2 Å². The van der Waals surface area contributed by atoms with Gasteiger partial charge in [0.1, 0.15) is 5.75 Å². The monoisotopic (exact) mass is 269 g/mol. The molecule has 2 nitrogen and oxygen atoms in total. The summed E-state index contributed by atoms with van der Waals surface area (Å²) in [7, 11) is 1.71. The lowest BCUT2D eigenvalue weighted by Gasteiger charge is -2.17. The normalized spacial score (nSPS) is 17.6. The van der Waals surface area contributed by atoms with E-state index in [9.17, 15) is 0 Å². The number of halogens is 1. The molecule has 0 heterocycles. The van der Waals surface area contributed by atoms with E-state index in [-0.39, 0.29) is 5.41 Å². The lowest BCUT2D eigenvalue weighted by Crippen LogP contribution is -2.20. The first-order valence-electron chi connectivity index (χ1n) is 5.17. The number of benzene rings is 1. The van der Waals surface area contributed by atoms with Gasteiger partial charge in [-0.3, -0.25) is 0 Å². The molecule has 0 saturated heterocycles. The maximum atomic E-state index is 5.84. The van der Waals surface area contributed by atoms with Gasteiger partial charge in [0, 0.05) is 16.4 Å². The summed E-state index contributed by atoms with van der Waals surface area (Å²) in [5, 5.41) is 0. The highest BCUT2D eigenvalue weighted by molar-refractivity contribution is 9.10. The summed E-state index contributed by atoms with van der Waals surface area (Å²) >= 11 is 3.62. The van der Waals surface area contributed by atoms with Gasteiger partial charge in [0.2, 0.25) is 0 Å². The molecule has 0 aliphatic heterocycles. The minimum absolute atomic E-state index is 0.208. The summed E-state index contributed by atoms with van der Waals surface area (Å²) in [5.74, 6) is 0.952. The van der Waals surface area contributed by atoms with Gasteiger partial charge in [-0.2, -0.15) is 0 Å². The van der Waals surface area contributed by atoms with Gasteiger partial charge in [-0.15, -0.1) is 0 Å². The Bertz CT molecular complexity index is 385. The zero-order chi connectivity index (χ0) is 11.1. The van der Waals surface area contributed by atoms with Crippen LogP contribution in [0.3, 0.4) is 0 Å². The Morgan fingerprint density at radius 1 is 1.47 bits per heavy atom. The molecular formula is C12H16BrNO. The second kappa shape index (κ2) is 3.80. The van der Waals surface area contributed by atoms with Crippen LogP contribution >= 0.6 is 15.9 Å². The topological polar surface area (TPSA) is 35.2 Å². The maximum Gasteiger partial charge on any atom is 0.122 e. The molecule has 2 rings (SSSR count). The molecule has 0 atom stereocenters. The Balaban J connectivity index is 2.47. The summed E-state index contributed by atoms with van der Waals surface area (Å²) in [4.78, 5) is 0. The molecule has 1 aliphatic carbocycles. The van der Waals surface area contributed by atoms with Crippen molar-refractivity contribution in [2.75, 3.05) is 13.7 Å². The third kappa shape index (κ3) is 1.79. The van der Waals surface area contributed by atoms with E-state index in [4.69, 9.17) is 10.5 Å². The molecule has 1 aromatic rings. The number of aryl methyl sites for hydroxylation is 1. The van der Waals surface area contributed by atoms with Crippen molar-refractivity contribution >= 4 is 15.9 Å². The molecule has 1 aromatic carbocycles. The van der Waals surface area contributed by atoms with Gasteiger partial charge in [-0.1, -0.05) is 15.9 Å². The van der Waals surface area contributed by atoms with E-state index in [1.807, 2.05) is 0 Å². The Kier molecular flexibility index (Phi) is 2.77. The van der Waals surface area contributed by atoms with E-state index in [1.54, 1.807) is 7.11 Å². The van der Waals surface area contributed by atoms with E-state index >= 15 is 0 Å². The summed E-state index contributed by atoms with van der Waals surface area (Å²) in [6.07, 6.45) is 2.38. The zero-order valence-corrected chi connectivity index (χ0v) is 10.7. The fourth-order valence-electron chi connectivity index (χ4n) is 2.01. The van der Waals surface area contributed by atoms with E-state index in [1.165, 1.54) is 18.4 Å². The first-order chi connectivity index (χ1) is 7.13. The second-order valence-electron chi connectivity index (χ2n) is 4.29. The van der Waals surface area contributed by atoms with Gasteiger partial charge in [0.15, 0.2) is 0 Å². The van der Waals surface area contributed by atoms with Crippen LogP contribution in [0, 0.1) is 6.92 Å². The molecule has 0 amide bonds. The van der Waals surface area contributed by atoms with Crippen molar-refractivity contribution in [2.24, 2.45) is 5.73 Å². The van der Waals surface area contributed by atoms with Crippen molar-refractivity contribution in [1.29, 1.82) is 0 Å². The number of rotatable bonds is 3. The van der Waals surface area contributed by atoms with Crippen LogP contribution in [-0.2, 0) is 5.41 Å². The van der Waals surface area contributed by atoms with E-state index < -0.39 is 0 Å². The van der Waals surface area contributed by atoms with Crippen LogP contribution in [0.25, 0.3) is 0 Å². The number of hydrogen-bond donors (Lipinski definition) is 1. The molecule has 15 heavy (non-hydrogen) atoms. The first-order valence-corrected chi connectivity index (χ1v) is 5.97. The van der Waals surface area contributed by atoms with Crippen LogP contribution in [0.2, 0.25) is 0 Å². The SMILES string of the molecule is COc1cc(C2(CN)CC2)c(Br)cc1C. The van der Waals surface area contributed by atoms with Crippen LogP contribution in [0.4, 0.5) is 0 Å². The van der Waals surface area contributed by atoms with Crippen molar-refractivity contribution in [3.8, 4) is 5.75 Å². The lowest BCUT2D eigenvalue weighted by atomic mass is 9.95. The van der Waals surface area contributed by atoms with Gasteiger partial charge < -0.3 is 10.5 Å². The largest absolute Gasteiger partial charge is 0.496 e. The quantitative estimate of drug-likeness (QED) is 0.916. The van der Waals surface area contributed by atoms with Gasteiger partial charge in [-0.05, 0) is 43.0 Å². The van der Waals surface area contributed by atoms with E-state index in [0.717, 1.165) is 22.3 Å². The van der Waals surface area contributed by atoms with Crippen LogP contribution in [-0.4, -0.2) is 13.7 Å². The summed E-state index contributed by atoms with van der Waals surface area (Å²) in [5.41, 5.74) is 8.50. The maximum absolute atomic E-state index is 5.84. The first kappa shape index (κ1) is 11.0. The molecule has 0 unspecified atom stereocenters. The Morgan fingerprint density at radius 2 is 2.13 bits per heavy atom. The predicted molar refractivity (Wildman–Crippen MR) is 65.4 cm³/mol. The molecular weight excluding hydrogens is 254 g/mol. The van der Waals surface area contributed by atoms with Crippen molar-refractivity contribution in [3.63, 3.8) is 0 Å². The van der Waals surface area contributed by atoms with E-state index in [0.29, 0.717) is 0 Å². The molecule has 3 heteroatoms. The molecule has 1 fully saturated rings.